The highest BCUT2D eigenvalue weighted by atomic mass is 16.5. The van der Waals surface area contributed by atoms with Gasteiger partial charge in [0.1, 0.15) is 5.76 Å². The third kappa shape index (κ3) is 4.00. The van der Waals surface area contributed by atoms with E-state index >= 15 is 0 Å². The largest absolute Gasteiger partial charge is 0.481 e. The van der Waals surface area contributed by atoms with E-state index in [4.69, 9.17) is 9.26 Å². The maximum Gasteiger partial charge on any atom is 0.319 e. The first kappa shape index (κ1) is 16.8. The molecule has 2 rings (SSSR count). The SMILES string of the molecule is COc1ccc(NC(=O)NC[C@@H](C)c2c(C)noc2C)c(C)n1. The molecule has 124 valence electrons. The molecule has 2 aromatic rings. The minimum Gasteiger partial charge on any atom is -0.481 e. The van der Waals surface area contributed by atoms with Crippen molar-refractivity contribution in [2.75, 3.05) is 19.0 Å². The Kier molecular flexibility index (Phi) is 5.20. The van der Waals surface area contributed by atoms with Crippen molar-refractivity contribution in [3.05, 3.63) is 34.8 Å². The van der Waals surface area contributed by atoms with E-state index in [9.17, 15) is 4.79 Å². The summed E-state index contributed by atoms with van der Waals surface area (Å²) in [5, 5.41) is 9.57. The predicted octanol–water partition coefficient (Wildman–Crippen LogP) is 2.93. The van der Waals surface area contributed by atoms with Gasteiger partial charge in [-0.2, -0.15) is 0 Å². The van der Waals surface area contributed by atoms with E-state index in [0.717, 1.165) is 17.0 Å². The lowest BCUT2D eigenvalue weighted by Gasteiger charge is -2.14. The van der Waals surface area contributed by atoms with Crippen molar-refractivity contribution in [3.8, 4) is 5.88 Å². The molecule has 2 heterocycles. The Bertz CT molecular complexity index is 677. The van der Waals surface area contributed by atoms with Crippen molar-refractivity contribution in [1.29, 1.82) is 0 Å². The molecule has 0 radical (unpaired) electrons. The smallest absolute Gasteiger partial charge is 0.319 e. The van der Waals surface area contributed by atoms with Crippen LogP contribution in [0.25, 0.3) is 0 Å². The number of aromatic nitrogens is 2. The number of carbonyl (C=O) groups excluding carboxylic acids is 1. The van der Waals surface area contributed by atoms with Gasteiger partial charge >= 0.3 is 6.03 Å². The number of urea groups is 1. The van der Waals surface area contributed by atoms with Crippen molar-refractivity contribution in [2.45, 2.75) is 33.6 Å². The van der Waals surface area contributed by atoms with Crippen LogP contribution >= 0.6 is 0 Å². The van der Waals surface area contributed by atoms with Gasteiger partial charge in [-0.1, -0.05) is 12.1 Å². The topological polar surface area (TPSA) is 89.3 Å². The summed E-state index contributed by atoms with van der Waals surface area (Å²) in [5.74, 6) is 1.41. The molecule has 0 fully saturated rings. The minimum atomic E-state index is -0.279. The number of pyridine rings is 1. The van der Waals surface area contributed by atoms with Gasteiger partial charge in [0.05, 0.1) is 24.2 Å². The van der Waals surface area contributed by atoms with Crippen molar-refractivity contribution < 1.29 is 14.1 Å². The molecule has 0 unspecified atom stereocenters. The second kappa shape index (κ2) is 7.13. The van der Waals surface area contributed by atoms with Crippen molar-refractivity contribution in [1.82, 2.24) is 15.5 Å². The maximum absolute atomic E-state index is 12.0. The lowest BCUT2D eigenvalue weighted by molar-refractivity contribution is 0.251. The highest BCUT2D eigenvalue weighted by Gasteiger charge is 2.17. The summed E-state index contributed by atoms with van der Waals surface area (Å²) in [4.78, 5) is 16.3. The zero-order valence-electron chi connectivity index (χ0n) is 14.1. The summed E-state index contributed by atoms with van der Waals surface area (Å²) in [5.41, 5.74) is 3.23. The van der Waals surface area contributed by atoms with E-state index in [1.165, 1.54) is 0 Å². The second-order valence-electron chi connectivity index (χ2n) is 5.46. The quantitative estimate of drug-likeness (QED) is 0.884. The highest BCUT2D eigenvalue weighted by molar-refractivity contribution is 5.89. The van der Waals surface area contributed by atoms with E-state index in [1.54, 1.807) is 19.2 Å². The molecule has 0 aliphatic carbocycles. The summed E-state index contributed by atoms with van der Waals surface area (Å²) in [7, 11) is 1.55. The fraction of sp³-hybridized carbons (Fsp3) is 0.438. The molecule has 2 aromatic heterocycles. The molecule has 0 aliphatic heterocycles. The monoisotopic (exact) mass is 318 g/mol. The van der Waals surface area contributed by atoms with E-state index in [1.807, 2.05) is 27.7 Å². The number of hydrogen-bond acceptors (Lipinski definition) is 5. The lowest BCUT2D eigenvalue weighted by atomic mass is 10.00. The first-order chi connectivity index (χ1) is 10.9. The van der Waals surface area contributed by atoms with Crippen LogP contribution in [0, 0.1) is 20.8 Å². The first-order valence-corrected chi connectivity index (χ1v) is 7.41. The van der Waals surface area contributed by atoms with Gasteiger partial charge in [0, 0.05) is 24.1 Å². The average Bonchev–Trinajstić information content (AvgIpc) is 2.86. The van der Waals surface area contributed by atoms with Crippen LogP contribution in [0.2, 0.25) is 0 Å². The van der Waals surface area contributed by atoms with Crippen LogP contribution in [0.15, 0.2) is 16.7 Å². The molecular weight excluding hydrogens is 296 g/mol. The first-order valence-electron chi connectivity index (χ1n) is 7.41. The Morgan fingerprint density at radius 2 is 2.04 bits per heavy atom. The van der Waals surface area contributed by atoms with Gasteiger partial charge in [-0.3, -0.25) is 0 Å². The fourth-order valence-corrected chi connectivity index (χ4v) is 2.49. The van der Waals surface area contributed by atoms with Crippen LogP contribution in [-0.2, 0) is 0 Å². The zero-order chi connectivity index (χ0) is 17.0. The minimum absolute atomic E-state index is 0.113. The molecule has 1 atom stereocenters. The van der Waals surface area contributed by atoms with Crippen LogP contribution in [-0.4, -0.2) is 29.8 Å². The number of aryl methyl sites for hydroxylation is 3. The third-order valence-electron chi connectivity index (χ3n) is 3.67. The van der Waals surface area contributed by atoms with E-state index in [2.05, 4.69) is 20.8 Å². The molecular formula is C16H22N4O3. The van der Waals surface area contributed by atoms with Crippen molar-refractivity contribution >= 4 is 11.7 Å². The zero-order valence-corrected chi connectivity index (χ0v) is 14.1. The van der Waals surface area contributed by atoms with Gasteiger partial charge in [-0.25, -0.2) is 9.78 Å². The highest BCUT2D eigenvalue weighted by Crippen LogP contribution is 2.22. The van der Waals surface area contributed by atoms with Gasteiger partial charge in [-0.15, -0.1) is 0 Å². The lowest BCUT2D eigenvalue weighted by Crippen LogP contribution is -2.32. The molecule has 7 heteroatoms. The summed E-state index contributed by atoms with van der Waals surface area (Å²) < 4.78 is 10.2. The fourth-order valence-electron chi connectivity index (χ4n) is 2.49. The van der Waals surface area contributed by atoms with Gasteiger partial charge < -0.3 is 19.9 Å². The Hall–Kier alpha value is -2.57. The summed E-state index contributed by atoms with van der Waals surface area (Å²) in [6.45, 7) is 8.09. The van der Waals surface area contributed by atoms with E-state index in [0.29, 0.717) is 23.8 Å². The Morgan fingerprint density at radius 3 is 2.61 bits per heavy atom. The predicted molar refractivity (Wildman–Crippen MR) is 86.9 cm³/mol. The summed E-state index contributed by atoms with van der Waals surface area (Å²) >= 11 is 0. The molecule has 2 N–H and O–H groups in total. The average molecular weight is 318 g/mol. The molecule has 0 spiro atoms. The number of nitrogens with one attached hydrogen (secondary N) is 2. The molecule has 23 heavy (non-hydrogen) atoms. The molecule has 0 aliphatic rings. The van der Waals surface area contributed by atoms with E-state index in [-0.39, 0.29) is 11.9 Å². The molecule has 2 amide bonds. The summed E-state index contributed by atoms with van der Waals surface area (Å²) in [6, 6.07) is 3.19. The number of rotatable bonds is 5. The van der Waals surface area contributed by atoms with Gasteiger partial charge in [0.25, 0.3) is 0 Å². The second-order valence-corrected chi connectivity index (χ2v) is 5.46. The van der Waals surface area contributed by atoms with Crippen molar-refractivity contribution in [2.24, 2.45) is 0 Å². The van der Waals surface area contributed by atoms with Crippen LogP contribution in [0.1, 0.15) is 35.6 Å². The van der Waals surface area contributed by atoms with E-state index < -0.39 is 0 Å². The Balaban J connectivity index is 1.93. The van der Waals surface area contributed by atoms with Crippen molar-refractivity contribution in [3.63, 3.8) is 0 Å². The number of methoxy groups -OCH3 is 1. The number of carbonyl (C=O) groups is 1. The number of anilines is 1. The number of nitrogens with zero attached hydrogens (tertiary/aromatic N) is 2. The van der Waals surface area contributed by atoms with Crippen LogP contribution in [0.5, 0.6) is 5.88 Å². The Morgan fingerprint density at radius 1 is 1.30 bits per heavy atom. The molecule has 0 bridgehead atoms. The number of hydrogen-bond donors (Lipinski definition) is 2. The standard InChI is InChI=1S/C16H22N4O3/c1-9(15-11(3)20-23-12(15)4)8-17-16(21)19-13-6-7-14(22-5)18-10(13)2/h6-7,9H,8H2,1-5H3,(H2,17,19,21)/t9-/m1/s1. The van der Waals surface area contributed by atoms with Gasteiger partial charge in [0.2, 0.25) is 5.88 Å². The molecule has 0 saturated heterocycles. The Labute approximate surface area is 135 Å². The van der Waals surface area contributed by atoms with Crippen LogP contribution < -0.4 is 15.4 Å². The van der Waals surface area contributed by atoms with Gasteiger partial charge in [0.15, 0.2) is 0 Å². The molecule has 7 nitrogen and oxygen atoms in total. The number of ether oxygens (including phenoxy) is 1. The van der Waals surface area contributed by atoms with Gasteiger partial charge in [-0.05, 0) is 26.8 Å². The summed E-state index contributed by atoms with van der Waals surface area (Å²) in [6.07, 6.45) is 0. The maximum atomic E-state index is 12.0. The molecule has 0 saturated carbocycles. The van der Waals surface area contributed by atoms with Crippen LogP contribution in [0.3, 0.4) is 0 Å². The number of amides is 2. The normalized spacial score (nSPS) is 11.9. The van der Waals surface area contributed by atoms with Crippen LogP contribution in [0.4, 0.5) is 10.5 Å². The third-order valence-corrected chi connectivity index (χ3v) is 3.67. The molecule has 0 aromatic carbocycles.